The SMILES string of the molecule is O=C1CSC(c2cccc(Br)c2)c2sccc2N1. The van der Waals surface area contributed by atoms with E-state index in [1.54, 1.807) is 23.1 Å². The van der Waals surface area contributed by atoms with Crippen molar-refractivity contribution < 1.29 is 4.79 Å². The van der Waals surface area contributed by atoms with Gasteiger partial charge in [-0.3, -0.25) is 4.79 Å². The van der Waals surface area contributed by atoms with Crippen LogP contribution in [0.5, 0.6) is 0 Å². The van der Waals surface area contributed by atoms with E-state index < -0.39 is 0 Å². The molecule has 0 saturated carbocycles. The fraction of sp³-hybridized carbons (Fsp3) is 0.154. The van der Waals surface area contributed by atoms with Crippen molar-refractivity contribution >= 4 is 50.6 Å². The topological polar surface area (TPSA) is 29.1 Å². The van der Waals surface area contributed by atoms with E-state index in [-0.39, 0.29) is 11.2 Å². The Hall–Kier alpha value is -0.780. The molecule has 0 radical (unpaired) electrons. The Kier molecular flexibility index (Phi) is 3.46. The van der Waals surface area contributed by atoms with Gasteiger partial charge >= 0.3 is 0 Å². The van der Waals surface area contributed by atoms with Crippen molar-refractivity contribution in [2.45, 2.75) is 5.25 Å². The van der Waals surface area contributed by atoms with Gasteiger partial charge in [-0.15, -0.1) is 23.1 Å². The first kappa shape index (κ1) is 12.3. The van der Waals surface area contributed by atoms with Crippen molar-refractivity contribution in [1.82, 2.24) is 0 Å². The molecule has 0 aliphatic carbocycles. The van der Waals surface area contributed by atoms with Crippen LogP contribution in [0.25, 0.3) is 0 Å². The van der Waals surface area contributed by atoms with Crippen LogP contribution in [0.2, 0.25) is 0 Å². The van der Waals surface area contributed by atoms with E-state index in [2.05, 4.69) is 33.4 Å². The average molecular weight is 340 g/mol. The van der Waals surface area contributed by atoms with Gasteiger partial charge in [0.25, 0.3) is 0 Å². The summed E-state index contributed by atoms with van der Waals surface area (Å²) in [7, 11) is 0. The lowest BCUT2D eigenvalue weighted by atomic mass is 10.1. The minimum Gasteiger partial charge on any atom is -0.324 e. The van der Waals surface area contributed by atoms with Gasteiger partial charge in [0.05, 0.1) is 16.7 Å². The largest absolute Gasteiger partial charge is 0.324 e. The highest BCUT2D eigenvalue weighted by Crippen LogP contribution is 2.44. The molecular weight excluding hydrogens is 330 g/mol. The van der Waals surface area contributed by atoms with Crippen LogP contribution in [-0.4, -0.2) is 11.7 Å². The summed E-state index contributed by atoms with van der Waals surface area (Å²) in [6.07, 6.45) is 0. The number of carbonyl (C=O) groups excluding carboxylic acids is 1. The second kappa shape index (κ2) is 5.07. The number of hydrogen-bond acceptors (Lipinski definition) is 3. The van der Waals surface area contributed by atoms with E-state index >= 15 is 0 Å². The van der Waals surface area contributed by atoms with E-state index in [1.807, 2.05) is 23.6 Å². The van der Waals surface area contributed by atoms with Crippen LogP contribution in [0.15, 0.2) is 40.2 Å². The number of amides is 1. The molecule has 18 heavy (non-hydrogen) atoms. The average Bonchev–Trinajstić information content (AvgIpc) is 2.72. The first-order valence-electron chi connectivity index (χ1n) is 5.48. The Morgan fingerprint density at radius 1 is 1.33 bits per heavy atom. The van der Waals surface area contributed by atoms with Crippen LogP contribution in [0, 0.1) is 0 Å². The third kappa shape index (κ3) is 2.35. The van der Waals surface area contributed by atoms with E-state index in [9.17, 15) is 4.79 Å². The molecule has 1 amide bonds. The van der Waals surface area contributed by atoms with Crippen LogP contribution in [0.4, 0.5) is 5.69 Å². The molecule has 2 aromatic rings. The van der Waals surface area contributed by atoms with Crippen LogP contribution < -0.4 is 5.32 Å². The lowest BCUT2D eigenvalue weighted by molar-refractivity contribution is -0.113. The van der Waals surface area contributed by atoms with Crippen molar-refractivity contribution in [2.75, 3.05) is 11.1 Å². The molecule has 92 valence electrons. The maximum absolute atomic E-state index is 11.7. The van der Waals surface area contributed by atoms with Gasteiger partial charge in [-0.2, -0.15) is 0 Å². The maximum Gasteiger partial charge on any atom is 0.234 e. The third-order valence-corrected chi connectivity index (χ3v) is 5.63. The summed E-state index contributed by atoms with van der Waals surface area (Å²) >= 11 is 6.88. The highest BCUT2D eigenvalue weighted by Gasteiger charge is 2.25. The van der Waals surface area contributed by atoms with Gasteiger partial charge in [0, 0.05) is 9.35 Å². The molecule has 2 heterocycles. The van der Waals surface area contributed by atoms with Gasteiger partial charge in [-0.1, -0.05) is 28.1 Å². The standard InChI is InChI=1S/C13H10BrNOS2/c14-9-3-1-2-8(6-9)12-13-10(4-5-17-13)15-11(16)7-18-12/h1-6,12H,7H2,(H,15,16). The summed E-state index contributed by atoms with van der Waals surface area (Å²) in [5.74, 6) is 0.579. The van der Waals surface area contributed by atoms with Crippen molar-refractivity contribution in [3.8, 4) is 0 Å². The number of rotatable bonds is 1. The molecule has 5 heteroatoms. The number of halogens is 1. The number of carbonyl (C=O) groups is 1. The number of anilines is 1. The molecule has 1 aliphatic rings. The lowest BCUT2D eigenvalue weighted by Crippen LogP contribution is -2.11. The zero-order valence-electron chi connectivity index (χ0n) is 9.35. The van der Waals surface area contributed by atoms with Gasteiger partial charge in [0.15, 0.2) is 0 Å². The minimum atomic E-state index is 0.0807. The molecule has 1 unspecified atom stereocenters. The van der Waals surface area contributed by atoms with Gasteiger partial charge in [0.1, 0.15) is 0 Å². The summed E-state index contributed by atoms with van der Waals surface area (Å²) in [4.78, 5) is 12.9. The van der Waals surface area contributed by atoms with Crippen molar-refractivity contribution in [3.63, 3.8) is 0 Å². The van der Waals surface area contributed by atoms with Gasteiger partial charge in [0.2, 0.25) is 5.91 Å². The summed E-state index contributed by atoms with van der Waals surface area (Å²) < 4.78 is 1.07. The third-order valence-electron chi connectivity index (χ3n) is 2.74. The van der Waals surface area contributed by atoms with Crippen LogP contribution in [0.3, 0.4) is 0 Å². The Morgan fingerprint density at radius 2 is 2.22 bits per heavy atom. The second-order valence-corrected chi connectivity index (χ2v) is 6.95. The zero-order chi connectivity index (χ0) is 12.5. The molecule has 1 aromatic heterocycles. The highest BCUT2D eigenvalue weighted by molar-refractivity contribution is 9.10. The number of nitrogens with one attached hydrogen (secondary N) is 1. The van der Waals surface area contributed by atoms with E-state index in [0.717, 1.165) is 10.2 Å². The summed E-state index contributed by atoms with van der Waals surface area (Å²) in [6.45, 7) is 0. The first-order chi connectivity index (χ1) is 8.74. The summed E-state index contributed by atoms with van der Waals surface area (Å²) in [6, 6.07) is 10.3. The minimum absolute atomic E-state index is 0.0807. The number of benzene rings is 1. The Morgan fingerprint density at radius 3 is 3.06 bits per heavy atom. The quantitative estimate of drug-likeness (QED) is 0.839. The smallest absolute Gasteiger partial charge is 0.234 e. The molecule has 2 nitrogen and oxygen atoms in total. The van der Waals surface area contributed by atoms with Gasteiger partial charge in [-0.05, 0) is 29.1 Å². The molecule has 1 atom stereocenters. The molecule has 0 fully saturated rings. The highest BCUT2D eigenvalue weighted by atomic mass is 79.9. The second-order valence-electron chi connectivity index (χ2n) is 3.99. The van der Waals surface area contributed by atoms with E-state index in [0.29, 0.717) is 5.75 Å². The molecule has 0 saturated heterocycles. The predicted molar refractivity (Wildman–Crippen MR) is 81.4 cm³/mol. The molecule has 1 N–H and O–H groups in total. The predicted octanol–water partition coefficient (Wildman–Crippen LogP) is 4.29. The van der Waals surface area contributed by atoms with Crippen LogP contribution >= 0.6 is 39.0 Å². The monoisotopic (exact) mass is 339 g/mol. The Balaban J connectivity index is 2.05. The normalized spacial score (nSPS) is 18.9. The fourth-order valence-corrected chi connectivity index (χ4v) is 4.62. The van der Waals surface area contributed by atoms with E-state index in [4.69, 9.17) is 0 Å². The van der Waals surface area contributed by atoms with Crippen molar-refractivity contribution in [3.05, 3.63) is 50.6 Å². The van der Waals surface area contributed by atoms with Crippen LogP contribution in [0.1, 0.15) is 15.7 Å². The Bertz CT molecular complexity index is 596. The molecular formula is C13H10BrNOS2. The zero-order valence-corrected chi connectivity index (χ0v) is 12.6. The molecule has 1 aliphatic heterocycles. The van der Waals surface area contributed by atoms with Gasteiger partial charge < -0.3 is 5.32 Å². The molecule has 1 aromatic carbocycles. The molecule has 0 spiro atoms. The molecule has 3 rings (SSSR count). The van der Waals surface area contributed by atoms with Crippen LogP contribution in [-0.2, 0) is 4.79 Å². The summed E-state index contributed by atoms with van der Waals surface area (Å²) in [5.41, 5.74) is 2.19. The summed E-state index contributed by atoms with van der Waals surface area (Å²) in [5, 5.41) is 5.22. The van der Waals surface area contributed by atoms with Crippen molar-refractivity contribution in [1.29, 1.82) is 0 Å². The number of fused-ring (bicyclic) bond motifs is 1. The Labute approximate surface area is 122 Å². The number of thioether (sulfide) groups is 1. The lowest BCUT2D eigenvalue weighted by Gasteiger charge is -2.14. The molecule has 0 bridgehead atoms. The number of hydrogen-bond donors (Lipinski definition) is 1. The number of thiophene rings is 1. The fourth-order valence-electron chi connectivity index (χ4n) is 1.97. The van der Waals surface area contributed by atoms with Crippen molar-refractivity contribution in [2.24, 2.45) is 0 Å². The first-order valence-corrected chi connectivity index (χ1v) is 8.20. The van der Waals surface area contributed by atoms with E-state index in [1.165, 1.54) is 10.4 Å². The van der Waals surface area contributed by atoms with Gasteiger partial charge in [-0.25, -0.2) is 0 Å². The maximum atomic E-state index is 11.7.